The number of benzene rings is 6. The van der Waals surface area contributed by atoms with E-state index in [9.17, 15) is 61.6 Å². The second-order valence-electron chi connectivity index (χ2n) is 28.1. The van der Waals surface area contributed by atoms with Gasteiger partial charge in [0.25, 0.3) is 17.7 Å². The Labute approximate surface area is 658 Å². The summed E-state index contributed by atoms with van der Waals surface area (Å²) in [4.78, 5) is 40.3. The SMILES string of the molecule is CC1CCCC(C)N1NC(=O)c1nn(-c2ccc(Cl)cc2Cl)c2c1CS(=O)(=O)C/C2=C\c1ccc(F)cc1.O=C(NN1CCCCC1)c1nn(-c2ccc(F)cc2F)c2c1CS(=O)(=O)C/C2=C\c1ccc(F)cc1.O=C(NN1CCCCCC1)c1nn(-c2ccc(Cl)cc2Cl)c2c1CS(=O)(=O)C/C2=C\c1ccc(F)cc1. The molecule has 21 nitrogen and oxygen atoms in total. The summed E-state index contributed by atoms with van der Waals surface area (Å²) in [5, 5.41) is 20.5. The van der Waals surface area contributed by atoms with E-state index in [1.165, 1.54) is 64.0 Å². The number of piperidine rings is 2. The molecule has 3 saturated heterocycles. The van der Waals surface area contributed by atoms with Crippen LogP contribution in [-0.4, -0.2) is 143 Å². The molecule has 582 valence electrons. The third kappa shape index (κ3) is 18.9. The molecule has 2 unspecified atom stereocenters. The number of halogens is 9. The lowest BCUT2D eigenvalue weighted by Gasteiger charge is -2.38. The van der Waals surface area contributed by atoms with Gasteiger partial charge in [-0.2, -0.15) is 15.3 Å². The van der Waals surface area contributed by atoms with Crippen LogP contribution in [-0.2, 0) is 46.8 Å². The predicted octanol–water partition coefficient (Wildman–Crippen LogP) is 14.9. The monoisotopic (exact) mass is 1650 g/mol. The van der Waals surface area contributed by atoms with Crippen molar-refractivity contribution >= 4 is 129 Å². The summed E-state index contributed by atoms with van der Waals surface area (Å²) < 4.78 is 151. The van der Waals surface area contributed by atoms with Crippen LogP contribution < -0.4 is 16.3 Å². The van der Waals surface area contributed by atoms with Gasteiger partial charge in [0, 0.05) is 71.1 Å². The van der Waals surface area contributed by atoms with Crippen molar-refractivity contribution in [1.29, 1.82) is 0 Å². The summed E-state index contributed by atoms with van der Waals surface area (Å²) in [6.45, 7) is 6.82. The molecule has 0 bridgehead atoms. The normalized spacial score (nSPS) is 20.0. The van der Waals surface area contributed by atoms with Gasteiger partial charge in [-0.15, -0.1) is 0 Å². The molecule has 0 spiro atoms. The number of sulfone groups is 3. The first-order valence-electron chi connectivity index (χ1n) is 35.9. The number of nitrogens with one attached hydrogen (secondary N) is 3. The quantitative estimate of drug-likeness (QED) is 0.0962. The fraction of sp³-hybridized carbons (Fsp3) is 0.308. The smallest absolute Gasteiger partial charge is 0.283 e. The van der Waals surface area contributed by atoms with Crippen LogP contribution in [0.2, 0.25) is 20.1 Å². The Balaban J connectivity index is 0.000000146. The van der Waals surface area contributed by atoms with Crippen molar-refractivity contribution in [2.24, 2.45) is 0 Å². The van der Waals surface area contributed by atoms with E-state index in [1.807, 2.05) is 23.9 Å². The molecule has 33 heteroatoms. The van der Waals surface area contributed by atoms with Gasteiger partial charge in [-0.25, -0.2) is 76.3 Å². The van der Waals surface area contributed by atoms with Crippen LogP contribution in [0.4, 0.5) is 22.0 Å². The van der Waals surface area contributed by atoms with Crippen LogP contribution in [0.1, 0.15) is 160 Å². The highest BCUT2D eigenvalue weighted by atomic mass is 35.5. The van der Waals surface area contributed by atoms with E-state index in [4.69, 9.17) is 46.4 Å². The van der Waals surface area contributed by atoms with Gasteiger partial charge in [0.15, 0.2) is 52.4 Å². The Hall–Kier alpha value is -8.88. The molecule has 6 aromatic carbocycles. The zero-order valence-electron chi connectivity index (χ0n) is 60.0. The maximum absolute atomic E-state index is 14.9. The minimum atomic E-state index is -3.69. The van der Waals surface area contributed by atoms with Gasteiger partial charge < -0.3 is 0 Å². The van der Waals surface area contributed by atoms with E-state index in [0.717, 1.165) is 75.0 Å². The molecule has 3 amide bonds. The van der Waals surface area contributed by atoms with Crippen LogP contribution in [0.25, 0.3) is 52.0 Å². The Morgan fingerprint density at radius 1 is 0.396 bits per heavy atom. The molecule has 3 N–H and O–H groups in total. The molecule has 3 fully saturated rings. The van der Waals surface area contributed by atoms with Gasteiger partial charge in [-0.3, -0.25) is 30.7 Å². The number of hydrogen-bond donors (Lipinski definition) is 3. The highest BCUT2D eigenvalue weighted by Gasteiger charge is 2.40. The van der Waals surface area contributed by atoms with Gasteiger partial charge in [-0.05, 0) is 189 Å². The number of nitrogens with zero attached hydrogens (tertiary/aromatic N) is 9. The predicted molar refractivity (Wildman–Crippen MR) is 418 cm³/mol. The minimum Gasteiger partial charge on any atom is -0.283 e. The molecule has 0 radical (unpaired) electrons. The van der Waals surface area contributed by atoms with Crippen molar-refractivity contribution in [2.45, 2.75) is 107 Å². The summed E-state index contributed by atoms with van der Waals surface area (Å²) >= 11 is 25.3. The van der Waals surface area contributed by atoms with Crippen molar-refractivity contribution in [2.75, 3.05) is 43.4 Å². The number of fused-ring (bicyclic) bond motifs is 3. The number of amides is 3. The van der Waals surface area contributed by atoms with E-state index < -0.39 is 82.1 Å². The molecular weight excluding hydrogens is 1580 g/mol. The van der Waals surface area contributed by atoms with Gasteiger partial charge >= 0.3 is 0 Å². The van der Waals surface area contributed by atoms with E-state index in [1.54, 1.807) is 83.9 Å². The lowest BCUT2D eigenvalue weighted by Crippen LogP contribution is -2.54. The Morgan fingerprint density at radius 2 is 0.712 bits per heavy atom. The second kappa shape index (κ2) is 33.8. The summed E-state index contributed by atoms with van der Waals surface area (Å²) in [6.07, 6.45) is 14.8. The molecule has 9 heterocycles. The average Bonchev–Trinajstić information content (AvgIpc) is 1.65. The molecule has 2 atom stereocenters. The number of aromatic nitrogens is 6. The Morgan fingerprint density at radius 3 is 1.05 bits per heavy atom. The summed E-state index contributed by atoms with van der Waals surface area (Å²) in [7, 11) is -10.9. The first-order chi connectivity index (χ1) is 52.9. The van der Waals surface area contributed by atoms with E-state index in [-0.39, 0.29) is 80.4 Å². The number of carbonyl (C=O) groups excluding carboxylic acids is 3. The highest BCUT2D eigenvalue weighted by molar-refractivity contribution is 7.91. The molecule has 6 aliphatic rings. The van der Waals surface area contributed by atoms with Gasteiger partial charge in [0.2, 0.25) is 0 Å². The van der Waals surface area contributed by atoms with Crippen molar-refractivity contribution in [3.63, 3.8) is 0 Å². The van der Waals surface area contributed by atoms with Crippen LogP contribution in [0.5, 0.6) is 0 Å². The lowest BCUT2D eigenvalue weighted by atomic mass is 10.00. The fourth-order valence-electron chi connectivity index (χ4n) is 14.5. The minimum absolute atomic E-state index is 0.0178. The van der Waals surface area contributed by atoms with Crippen molar-refractivity contribution in [3.8, 4) is 17.1 Å². The average molecular weight is 1660 g/mol. The lowest BCUT2D eigenvalue weighted by molar-refractivity contribution is 0.0365. The second-order valence-corrected chi connectivity index (χ2v) is 36.0. The van der Waals surface area contributed by atoms with Crippen molar-refractivity contribution < 1.29 is 61.6 Å². The molecule has 111 heavy (non-hydrogen) atoms. The fourth-order valence-corrected chi connectivity index (χ4v) is 20.0. The Kier molecular flexibility index (Phi) is 24.4. The Bertz CT molecular complexity index is 5550. The zero-order chi connectivity index (χ0) is 78.8. The molecule has 6 aliphatic heterocycles. The molecule has 0 saturated carbocycles. The number of hydrogen-bond acceptors (Lipinski definition) is 15. The number of hydrazine groups is 3. The van der Waals surface area contributed by atoms with E-state index >= 15 is 0 Å². The van der Waals surface area contributed by atoms with Crippen molar-refractivity contribution in [1.82, 2.24) is 60.6 Å². The first kappa shape index (κ1) is 80.2. The molecule has 9 aromatic rings. The van der Waals surface area contributed by atoms with Crippen molar-refractivity contribution in [3.05, 3.63) is 244 Å². The third-order valence-corrected chi connectivity index (χ3v) is 25.2. The molecule has 0 aliphatic carbocycles. The van der Waals surface area contributed by atoms with Gasteiger partial charge in [0.05, 0.1) is 73.0 Å². The standard InChI is InChI=1S/C27H27Cl2FN4O3S.C26H25Cl2FN4O3S.C25H23F3N4O3S/c1-16-4-3-5-17(2)33(16)32-27(35)25-22-15-38(36,37)14-19(12-18-6-9-21(30)10-7-18)26(22)34(31-25)24-11-8-20(28)13-23(24)29;27-19-7-10-23(22(28)14-19)33-25-18(13-17-5-8-20(29)9-6-17)15-37(35,36)16-21(25)24(30-33)26(34)31-32-11-3-1-2-4-12-32;26-18-6-4-16(5-7-18)12-17-14-36(34,35)15-20-23(25(33)30-31-10-2-1-3-11-31)29-32(24(17)20)22-9-8-19(27)13-21(22)28/h6-13,16-17H,3-5,14-15H2,1-2H3,(H,32,35);5-10,13-14H,1-4,11-12,15-16H2,(H,31,34);4-9,12-13H,1-3,10-11,14-15H2,(H,30,33)/b19-12+;18-13+;17-12+. The van der Waals surface area contributed by atoms with Crippen LogP contribution in [0.15, 0.2) is 127 Å². The van der Waals surface area contributed by atoms with E-state index in [0.29, 0.717) is 114 Å². The third-order valence-electron chi connectivity index (χ3n) is 19.7. The number of carbonyl (C=O) groups is 3. The van der Waals surface area contributed by atoms with Crippen LogP contribution in [0, 0.1) is 29.1 Å². The summed E-state index contributed by atoms with van der Waals surface area (Å²) in [5.74, 6) is -6.58. The largest absolute Gasteiger partial charge is 0.286 e. The zero-order valence-corrected chi connectivity index (χ0v) is 65.5. The molecule has 3 aromatic heterocycles. The van der Waals surface area contributed by atoms with Crippen LogP contribution >= 0.6 is 46.4 Å². The maximum Gasteiger partial charge on any atom is 0.286 e. The topological polar surface area (TPSA) is 253 Å². The van der Waals surface area contributed by atoms with Gasteiger partial charge in [-0.1, -0.05) is 108 Å². The summed E-state index contributed by atoms with van der Waals surface area (Å²) in [6, 6.07) is 29.9. The van der Waals surface area contributed by atoms with E-state index in [2.05, 4.69) is 31.6 Å². The number of rotatable bonds is 12. The van der Waals surface area contributed by atoms with Crippen LogP contribution in [0.3, 0.4) is 0 Å². The van der Waals surface area contributed by atoms with Gasteiger partial charge in [0.1, 0.15) is 29.0 Å². The maximum atomic E-state index is 14.9. The summed E-state index contributed by atoms with van der Waals surface area (Å²) in [5.41, 5.74) is 14.1. The molecule has 15 rings (SSSR count). The highest BCUT2D eigenvalue weighted by Crippen LogP contribution is 2.41. The molecular formula is C78H75Cl4F5N12O9S3. The first-order valence-corrected chi connectivity index (χ1v) is 42.8.